The van der Waals surface area contributed by atoms with E-state index in [9.17, 15) is 0 Å². The van der Waals surface area contributed by atoms with Gasteiger partial charge >= 0.3 is 0 Å². The van der Waals surface area contributed by atoms with Gasteiger partial charge in [0.15, 0.2) is 0 Å². The van der Waals surface area contributed by atoms with Gasteiger partial charge in [0.1, 0.15) is 0 Å². The van der Waals surface area contributed by atoms with Crippen molar-refractivity contribution in [1.82, 2.24) is 5.32 Å². The highest BCUT2D eigenvalue weighted by Gasteiger charge is 2.15. The minimum Gasteiger partial charge on any atom is -0.381 e. The van der Waals surface area contributed by atoms with Gasteiger partial charge in [-0.3, -0.25) is 0 Å². The normalized spacial score (nSPS) is 14.5. The quantitative estimate of drug-likeness (QED) is 0.628. The fourth-order valence-electron chi connectivity index (χ4n) is 1.99. The molecule has 0 rings (SSSR count). The zero-order valence-electron chi connectivity index (χ0n) is 13.7. The van der Waals surface area contributed by atoms with E-state index in [0.29, 0.717) is 5.92 Å². The molecule has 110 valence electrons. The second-order valence-corrected chi connectivity index (χ2v) is 7.38. The van der Waals surface area contributed by atoms with Crippen molar-refractivity contribution in [2.45, 2.75) is 66.8 Å². The molecule has 0 bridgehead atoms. The number of nitrogens with one attached hydrogen (secondary N) is 1. The third-order valence-corrected chi connectivity index (χ3v) is 2.85. The van der Waals surface area contributed by atoms with E-state index >= 15 is 0 Å². The highest BCUT2D eigenvalue weighted by atomic mass is 16.5. The molecule has 2 nitrogen and oxygen atoms in total. The summed E-state index contributed by atoms with van der Waals surface area (Å²) in [5.41, 5.74) is 0.216. The molecule has 0 aromatic heterocycles. The van der Waals surface area contributed by atoms with Crippen LogP contribution in [-0.4, -0.2) is 25.3 Å². The fraction of sp³-hybridized carbons (Fsp3) is 1.00. The molecule has 0 aromatic rings. The van der Waals surface area contributed by atoms with Crippen LogP contribution in [0.25, 0.3) is 0 Å². The van der Waals surface area contributed by atoms with Crippen molar-refractivity contribution in [1.29, 1.82) is 0 Å². The molecule has 0 heterocycles. The van der Waals surface area contributed by atoms with Crippen molar-refractivity contribution in [3.63, 3.8) is 0 Å². The SMILES string of the molecule is CC(C)COCCC(CNC(C)(C)C)CC(C)C. The molecule has 0 aliphatic carbocycles. The van der Waals surface area contributed by atoms with E-state index in [1.165, 1.54) is 12.8 Å². The van der Waals surface area contributed by atoms with Crippen LogP contribution in [0.2, 0.25) is 0 Å². The van der Waals surface area contributed by atoms with E-state index in [1.54, 1.807) is 0 Å². The van der Waals surface area contributed by atoms with Crippen LogP contribution < -0.4 is 5.32 Å². The molecule has 0 saturated carbocycles. The largest absolute Gasteiger partial charge is 0.381 e. The summed E-state index contributed by atoms with van der Waals surface area (Å²) in [6.45, 7) is 18.6. The lowest BCUT2D eigenvalue weighted by molar-refractivity contribution is 0.0942. The summed E-state index contributed by atoms with van der Waals surface area (Å²) in [5.74, 6) is 2.14. The van der Waals surface area contributed by atoms with Crippen LogP contribution in [0.3, 0.4) is 0 Å². The average Bonchev–Trinajstić information content (AvgIpc) is 2.18. The van der Waals surface area contributed by atoms with Crippen molar-refractivity contribution in [3.8, 4) is 0 Å². The van der Waals surface area contributed by atoms with E-state index in [4.69, 9.17) is 4.74 Å². The summed E-state index contributed by atoms with van der Waals surface area (Å²) in [5, 5.41) is 3.62. The summed E-state index contributed by atoms with van der Waals surface area (Å²) >= 11 is 0. The maximum Gasteiger partial charge on any atom is 0.0488 e. The first-order valence-corrected chi connectivity index (χ1v) is 7.53. The summed E-state index contributed by atoms with van der Waals surface area (Å²) in [7, 11) is 0. The summed E-state index contributed by atoms with van der Waals surface area (Å²) in [6, 6.07) is 0. The first-order chi connectivity index (χ1) is 8.20. The van der Waals surface area contributed by atoms with Crippen molar-refractivity contribution in [2.24, 2.45) is 17.8 Å². The zero-order valence-corrected chi connectivity index (χ0v) is 13.7. The van der Waals surface area contributed by atoms with Crippen LogP contribution >= 0.6 is 0 Å². The molecule has 0 amide bonds. The molecule has 1 unspecified atom stereocenters. The molecule has 0 aromatic carbocycles. The second-order valence-electron chi connectivity index (χ2n) is 7.38. The molecule has 0 spiro atoms. The Kier molecular flexibility index (Phi) is 8.89. The van der Waals surface area contributed by atoms with E-state index in [2.05, 4.69) is 53.8 Å². The van der Waals surface area contributed by atoms with Crippen molar-refractivity contribution < 1.29 is 4.74 Å². The van der Waals surface area contributed by atoms with E-state index in [0.717, 1.165) is 31.6 Å². The average molecular weight is 257 g/mol. The maximum atomic E-state index is 5.71. The lowest BCUT2D eigenvalue weighted by Gasteiger charge is -2.26. The Morgan fingerprint density at radius 3 is 2.06 bits per heavy atom. The van der Waals surface area contributed by atoms with E-state index in [-0.39, 0.29) is 5.54 Å². The van der Waals surface area contributed by atoms with Gasteiger partial charge in [-0.2, -0.15) is 0 Å². The zero-order chi connectivity index (χ0) is 14.2. The maximum absolute atomic E-state index is 5.71. The topological polar surface area (TPSA) is 21.3 Å². The summed E-state index contributed by atoms with van der Waals surface area (Å²) < 4.78 is 5.71. The van der Waals surface area contributed by atoms with E-state index < -0.39 is 0 Å². The predicted molar refractivity (Wildman–Crippen MR) is 81.0 cm³/mol. The van der Waals surface area contributed by atoms with Crippen molar-refractivity contribution in [3.05, 3.63) is 0 Å². The Labute approximate surface area is 115 Å². The molecular formula is C16H35NO. The van der Waals surface area contributed by atoms with E-state index in [1.807, 2.05) is 0 Å². The molecule has 0 aliphatic rings. The molecule has 0 fully saturated rings. The van der Waals surface area contributed by atoms with Crippen LogP contribution in [-0.2, 0) is 4.74 Å². The van der Waals surface area contributed by atoms with Crippen LogP contribution in [0.15, 0.2) is 0 Å². The van der Waals surface area contributed by atoms with Gasteiger partial charge in [-0.05, 0) is 57.9 Å². The van der Waals surface area contributed by atoms with Gasteiger partial charge in [-0.15, -0.1) is 0 Å². The highest BCUT2D eigenvalue weighted by molar-refractivity contribution is 4.74. The first-order valence-electron chi connectivity index (χ1n) is 7.53. The van der Waals surface area contributed by atoms with Gasteiger partial charge in [-0.25, -0.2) is 0 Å². The van der Waals surface area contributed by atoms with Gasteiger partial charge in [-0.1, -0.05) is 27.7 Å². The molecule has 1 atom stereocenters. The molecule has 18 heavy (non-hydrogen) atoms. The highest BCUT2D eigenvalue weighted by Crippen LogP contribution is 2.16. The monoisotopic (exact) mass is 257 g/mol. The van der Waals surface area contributed by atoms with Crippen LogP contribution in [0, 0.1) is 17.8 Å². The number of hydrogen-bond acceptors (Lipinski definition) is 2. The lowest BCUT2D eigenvalue weighted by atomic mass is 9.93. The first kappa shape index (κ1) is 17.9. The van der Waals surface area contributed by atoms with Crippen molar-refractivity contribution >= 4 is 0 Å². The van der Waals surface area contributed by atoms with Crippen molar-refractivity contribution in [2.75, 3.05) is 19.8 Å². The third kappa shape index (κ3) is 12.4. The Morgan fingerprint density at radius 2 is 1.61 bits per heavy atom. The molecule has 2 heteroatoms. The fourth-order valence-corrected chi connectivity index (χ4v) is 1.99. The lowest BCUT2D eigenvalue weighted by Crippen LogP contribution is -2.39. The Morgan fingerprint density at radius 1 is 1.00 bits per heavy atom. The summed E-state index contributed by atoms with van der Waals surface area (Å²) in [4.78, 5) is 0. The van der Waals surface area contributed by atoms with Gasteiger partial charge in [0.05, 0.1) is 0 Å². The number of ether oxygens (including phenoxy) is 1. The van der Waals surface area contributed by atoms with Crippen LogP contribution in [0.5, 0.6) is 0 Å². The Bertz CT molecular complexity index is 194. The van der Waals surface area contributed by atoms with Gasteiger partial charge in [0.25, 0.3) is 0 Å². The Hall–Kier alpha value is -0.0800. The summed E-state index contributed by atoms with van der Waals surface area (Å²) in [6.07, 6.45) is 2.46. The second kappa shape index (κ2) is 8.92. The predicted octanol–water partition coefficient (Wildman–Crippen LogP) is 4.10. The van der Waals surface area contributed by atoms with Gasteiger partial charge in [0, 0.05) is 18.8 Å². The molecule has 1 N–H and O–H groups in total. The Balaban J connectivity index is 3.92. The van der Waals surface area contributed by atoms with Gasteiger partial charge < -0.3 is 10.1 Å². The number of rotatable bonds is 9. The number of hydrogen-bond donors (Lipinski definition) is 1. The van der Waals surface area contributed by atoms with Gasteiger partial charge in [0.2, 0.25) is 0 Å². The molecule has 0 aliphatic heterocycles. The minimum absolute atomic E-state index is 0.216. The smallest absolute Gasteiger partial charge is 0.0488 e. The van der Waals surface area contributed by atoms with Crippen LogP contribution in [0.1, 0.15) is 61.3 Å². The van der Waals surface area contributed by atoms with Crippen LogP contribution in [0.4, 0.5) is 0 Å². The minimum atomic E-state index is 0.216. The standard InChI is InChI=1S/C16H35NO/c1-13(2)10-15(11-17-16(5,6)7)8-9-18-12-14(3)4/h13-15,17H,8-12H2,1-7H3. The third-order valence-electron chi connectivity index (χ3n) is 2.85. The molecular weight excluding hydrogens is 222 g/mol. The molecule has 0 radical (unpaired) electrons. The molecule has 0 saturated heterocycles.